The molecule has 36 heavy (non-hydrogen) atoms. The number of hydrogen-bond acceptors (Lipinski definition) is 7. The van der Waals surface area contributed by atoms with Crippen molar-refractivity contribution in [3.8, 4) is 17.1 Å². The summed E-state index contributed by atoms with van der Waals surface area (Å²) in [6.07, 6.45) is -3.05. The minimum atomic E-state index is -4.51. The SMILES string of the molecule is Cc1nc(-c2nnn(C)c2COC(=O)N2CCCC2C(F)(F)F)ccc1O[C@H]1CCC[C@H](C(=O)O)C1. The first-order valence-electron chi connectivity index (χ1n) is 11.8. The van der Waals surface area contributed by atoms with Gasteiger partial charge in [0.15, 0.2) is 0 Å². The minimum Gasteiger partial charge on any atom is -0.489 e. The lowest BCUT2D eigenvalue weighted by atomic mass is 9.87. The topological polar surface area (TPSA) is 120 Å². The smallest absolute Gasteiger partial charge is 0.410 e. The van der Waals surface area contributed by atoms with Gasteiger partial charge < -0.3 is 14.6 Å². The molecule has 1 N–H and O–H groups in total. The summed E-state index contributed by atoms with van der Waals surface area (Å²) in [7, 11) is 1.58. The number of likely N-dealkylation sites (tertiary alicyclic amines) is 1. The van der Waals surface area contributed by atoms with E-state index in [-0.39, 0.29) is 32.1 Å². The van der Waals surface area contributed by atoms with Crippen molar-refractivity contribution >= 4 is 12.1 Å². The van der Waals surface area contributed by atoms with Crippen LogP contribution in [0.4, 0.5) is 18.0 Å². The van der Waals surface area contributed by atoms with Gasteiger partial charge in [0.2, 0.25) is 0 Å². The van der Waals surface area contributed by atoms with Crippen molar-refractivity contribution in [2.45, 2.75) is 70.4 Å². The van der Waals surface area contributed by atoms with Gasteiger partial charge in [0.1, 0.15) is 29.8 Å². The molecule has 2 aromatic heterocycles. The quantitative estimate of drug-likeness (QED) is 0.621. The molecule has 1 aliphatic carbocycles. The summed E-state index contributed by atoms with van der Waals surface area (Å²) in [6, 6.07) is 1.53. The Morgan fingerprint density at radius 3 is 2.67 bits per heavy atom. The zero-order valence-electron chi connectivity index (χ0n) is 20.0. The van der Waals surface area contributed by atoms with Gasteiger partial charge in [-0.3, -0.25) is 9.69 Å². The number of carboxylic acid groups (broad SMARTS) is 1. The molecule has 0 bridgehead atoms. The maximum Gasteiger partial charge on any atom is 0.410 e. The van der Waals surface area contributed by atoms with Crippen LogP contribution in [0.1, 0.15) is 49.9 Å². The van der Waals surface area contributed by atoms with E-state index in [0.29, 0.717) is 46.3 Å². The maximum atomic E-state index is 13.2. The Hall–Kier alpha value is -3.38. The number of amides is 1. The number of hydrogen-bond donors (Lipinski definition) is 1. The van der Waals surface area contributed by atoms with E-state index in [9.17, 15) is 27.9 Å². The van der Waals surface area contributed by atoms with Crippen LogP contribution in [0.5, 0.6) is 5.75 Å². The van der Waals surface area contributed by atoms with Crippen LogP contribution >= 0.6 is 0 Å². The van der Waals surface area contributed by atoms with Crippen LogP contribution in [-0.4, -0.2) is 66.9 Å². The molecule has 13 heteroatoms. The van der Waals surface area contributed by atoms with Gasteiger partial charge in [-0.05, 0) is 57.6 Å². The third-order valence-electron chi connectivity index (χ3n) is 6.69. The van der Waals surface area contributed by atoms with Crippen LogP contribution in [0, 0.1) is 12.8 Å². The predicted octanol–water partition coefficient (Wildman–Crippen LogP) is 3.87. The van der Waals surface area contributed by atoms with Gasteiger partial charge in [0.25, 0.3) is 0 Å². The van der Waals surface area contributed by atoms with E-state index >= 15 is 0 Å². The summed E-state index contributed by atoms with van der Waals surface area (Å²) < 4.78 is 52.2. The molecule has 4 rings (SSSR count). The zero-order chi connectivity index (χ0) is 26.0. The Morgan fingerprint density at radius 2 is 1.97 bits per heavy atom. The Labute approximate surface area is 205 Å². The van der Waals surface area contributed by atoms with Crippen molar-refractivity contribution in [1.82, 2.24) is 24.9 Å². The van der Waals surface area contributed by atoms with Crippen LogP contribution in [0.15, 0.2) is 12.1 Å². The Kier molecular flexibility index (Phi) is 7.36. The van der Waals surface area contributed by atoms with Gasteiger partial charge in [-0.2, -0.15) is 13.2 Å². The number of halogens is 3. The molecular weight excluding hydrogens is 483 g/mol. The molecule has 196 valence electrons. The number of rotatable bonds is 6. The largest absolute Gasteiger partial charge is 0.489 e. The number of carbonyl (C=O) groups excluding carboxylic acids is 1. The molecule has 1 saturated heterocycles. The summed E-state index contributed by atoms with van der Waals surface area (Å²) >= 11 is 0. The highest BCUT2D eigenvalue weighted by molar-refractivity contribution is 5.70. The second kappa shape index (κ2) is 10.3. The number of nitrogens with zero attached hydrogens (tertiary/aromatic N) is 5. The van der Waals surface area contributed by atoms with Crippen LogP contribution in [-0.2, 0) is 23.2 Å². The van der Waals surface area contributed by atoms with E-state index in [2.05, 4.69) is 15.3 Å². The van der Waals surface area contributed by atoms with E-state index in [0.717, 1.165) is 12.8 Å². The van der Waals surface area contributed by atoms with E-state index in [4.69, 9.17) is 9.47 Å². The summed E-state index contributed by atoms with van der Waals surface area (Å²) in [5, 5.41) is 17.3. The molecule has 3 atom stereocenters. The minimum absolute atomic E-state index is 0.0179. The molecule has 0 spiro atoms. The third kappa shape index (κ3) is 5.54. The van der Waals surface area contributed by atoms with Crippen LogP contribution < -0.4 is 4.74 Å². The van der Waals surface area contributed by atoms with Crippen molar-refractivity contribution in [2.24, 2.45) is 13.0 Å². The fraction of sp³-hybridized carbons (Fsp3) is 0.609. The molecule has 2 aromatic rings. The van der Waals surface area contributed by atoms with Gasteiger partial charge in [0.05, 0.1) is 23.4 Å². The molecule has 0 radical (unpaired) electrons. The van der Waals surface area contributed by atoms with Gasteiger partial charge in [0, 0.05) is 13.6 Å². The Balaban J connectivity index is 1.44. The van der Waals surface area contributed by atoms with Crippen molar-refractivity contribution < 1.29 is 37.3 Å². The molecule has 1 amide bonds. The first-order chi connectivity index (χ1) is 17.0. The number of carboxylic acids is 1. The molecule has 2 fully saturated rings. The van der Waals surface area contributed by atoms with E-state index in [1.165, 1.54) is 4.68 Å². The standard InChI is InChI=1S/C23H28F3N5O5/c1-13-18(36-15-6-3-5-14(11-15)21(32)33)9-8-16(27-13)20-17(30(2)29-28-20)12-35-22(34)31-10-4-7-19(31)23(24,25)26/h8-9,14-15,19H,3-7,10-12H2,1-2H3,(H,32,33)/t14-,15-,19?/m0/s1. The van der Waals surface area contributed by atoms with E-state index in [1.807, 2.05) is 0 Å². The van der Waals surface area contributed by atoms with Gasteiger partial charge in [-0.25, -0.2) is 14.5 Å². The second-order valence-corrected chi connectivity index (χ2v) is 9.18. The molecule has 2 aliphatic rings. The summed E-state index contributed by atoms with van der Waals surface area (Å²) in [5.41, 5.74) is 1.70. The van der Waals surface area contributed by atoms with Gasteiger partial charge in [-0.1, -0.05) is 5.21 Å². The van der Waals surface area contributed by atoms with Crippen molar-refractivity contribution in [2.75, 3.05) is 6.54 Å². The number of ether oxygens (including phenoxy) is 2. The second-order valence-electron chi connectivity index (χ2n) is 9.18. The number of aryl methyl sites for hydroxylation is 2. The third-order valence-corrected chi connectivity index (χ3v) is 6.69. The maximum absolute atomic E-state index is 13.2. The lowest BCUT2D eigenvalue weighted by Crippen LogP contribution is -2.44. The Bertz CT molecular complexity index is 1120. The normalized spacial score (nSPS) is 22.5. The summed E-state index contributed by atoms with van der Waals surface area (Å²) in [6.45, 7) is 1.41. The average Bonchev–Trinajstić information content (AvgIpc) is 3.46. The number of alkyl halides is 3. The van der Waals surface area contributed by atoms with Crippen molar-refractivity contribution in [1.29, 1.82) is 0 Å². The molecule has 1 unspecified atom stereocenters. The van der Waals surface area contributed by atoms with Crippen molar-refractivity contribution in [3.63, 3.8) is 0 Å². The Morgan fingerprint density at radius 1 is 1.19 bits per heavy atom. The van der Waals surface area contributed by atoms with Gasteiger partial charge in [-0.15, -0.1) is 5.10 Å². The number of aliphatic carboxylic acids is 1. The van der Waals surface area contributed by atoms with Crippen molar-refractivity contribution in [3.05, 3.63) is 23.5 Å². The molecule has 1 saturated carbocycles. The fourth-order valence-electron chi connectivity index (χ4n) is 4.74. The lowest BCUT2D eigenvalue weighted by molar-refractivity contribution is -0.171. The molecule has 3 heterocycles. The van der Waals surface area contributed by atoms with Crippen LogP contribution in [0.2, 0.25) is 0 Å². The first-order valence-corrected chi connectivity index (χ1v) is 11.8. The van der Waals surface area contributed by atoms with E-state index < -0.39 is 30.2 Å². The van der Waals surface area contributed by atoms with Crippen LogP contribution in [0.25, 0.3) is 11.4 Å². The number of aromatic nitrogens is 4. The monoisotopic (exact) mass is 511 g/mol. The number of pyridine rings is 1. The van der Waals surface area contributed by atoms with Crippen LogP contribution in [0.3, 0.4) is 0 Å². The first kappa shape index (κ1) is 25.7. The highest BCUT2D eigenvalue weighted by atomic mass is 19.4. The number of carbonyl (C=O) groups is 2. The summed E-state index contributed by atoms with van der Waals surface area (Å²) in [4.78, 5) is 28.9. The lowest BCUT2D eigenvalue weighted by Gasteiger charge is -2.27. The van der Waals surface area contributed by atoms with E-state index in [1.54, 1.807) is 26.1 Å². The molecule has 0 aromatic carbocycles. The molecular formula is C23H28F3N5O5. The zero-order valence-corrected chi connectivity index (χ0v) is 20.0. The molecule has 10 nitrogen and oxygen atoms in total. The summed E-state index contributed by atoms with van der Waals surface area (Å²) in [5.74, 6) is -0.713. The average molecular weight is 512 g/mol. The molecule has 1 aliphatic heterocycles. The highest BCUT2D eigenvalue weighted by Gasteiger charge is 2.48. The fourth-order valence-corrected chi connectivity index (χ4v) is 4.74. The van der Waals surface area contributed by atoms with Gasteiger partial charge >= 0.3 is 18.2 Å². The highest BCUT2D eigenvalue weighted by Crippen LogP contribution is 2.34. The predicted molar refractivity (Wildman–Crippen MR) is 119 cm³/mol.